The minimum atomic E-state index is -0.395. The topological polar surface area (TPSA) is 9.23 Å². The quantitative estimate of drug-likeness (QED) is 0.764. The number of ether oxygens (including phenoxy) is 1. The highest BCUT2D eigenvalue weighted by molar-refractivity contribution is 7.80. The predicted molar refractivity (Wildman–Crippen MR) is 83.6 cm³/mol. The van der Waals surface area contributed by atoms with Crippen LogP contribution >= 0.6 is 12.2 Å². The van der Waals surface area contributed by atoms with E-state index in [-0.39, 0.29) is 0 Å². The van der Waals surface area contributed by atoms with E-state index in [1.165, 1.54) is 0 Å². The third-order valence-electron chi connectivity index (χ3n) is 3.39. The van der Waals surface area contributed by atoms with Gasteiger partial charge in [0.15, 0.2) is 5.05 Å². The van der Waals surface area contributed by atoms with Gasteiger partial charge in [0, 0.05) is 0 Å². The molecule has 0 saturated carbocycles. The first-order valence-electron chi connectivity index (χ1n) is 6.48. The van der Waals surface area contributed by atoms with Crippen LogP contribution in [-0.4, -0.2) is 11.7 Å². The molecule has 2 aromatic carbocycles. The van der Waals surface area contributed by atoms with Crippen LogP contribution in [0.1, 0.15) is 25.0 Å². The Bertz CT molecular complexity index is 494. The first-order valence-corrected chi connectivity index (χ1v) is 6.88. The number of rotatable bonds is 4. The van der Waals surface area contributed by atoms with Gasteiger partial charge < -0.3 is 4.74 Å². The van der Waals surface area contributed by atoms with Gasteiger partial charge in [0.25, 0.3) is 0 Å². The van der Waals surface area contributed by atoms with E-state index in [0.29, 0.717) is 11.7 Å². The third-order valence-corrected chi connectivity index (χ3v) is 3.91. The fourth-order valence-corrected chi connectivity index (χ4v) is 2.57. The van der Waals surface area contributed by atoms with Crippen molar-refractivity contribution in [2.24, 2.45) is 0 Å². The zero-order chi connectivity index (χ0) is 13.7. The van der Waals surface area contributed by atoms with Crippen molar-refractivity contribution >= 4 is 17.3 Å². The van der Waals surface area contributed by atoms with Crippen LogP contribution in [0.5, 0.6) is 0 Å². The monoisotopic (exact) mass is 270 g/mol. The lowest BCUT2D eigenvalue weighted by Crippen LogP contribution is -2.34. The van der Waals surface area contributed by atoms with Crippen LogP contribution in [0.15, 0.2) is 60.7 Å². The Balaban J connectivity index is 2.54. The molecule has 2 rings (SSSR count). The van der Waals surface area contributed by atoms with Gasteiger partial charge in [-0.1, -0.05) is 60.7 Å². The molecule has 0 fully saturated rings. The first-order chi connectivity index (χ1) is 9.19. The highest BCUT2D eigenvalue weighted by Gasteiger charge is 2.34. The Morgan fingerprint density at radius 2 is 1.37 bits per heavy atom. The number of benzene rings is 2. The van der Waals surface area contributed by atoms with E-state index in [2.05, 4.69) is 31.2 Å². The van der Waals surface area contributed by atoms with Crippen molar-refractivity contribution in [3.8, 4) is 0 Å². The molecule has 0 N–H and O–H groups in total. The Labute approximate surface area is 120 Å². The van der Waals surface area contributed by atoms with E-state index in [4.69, 9.17) is 17.0 Å². The molecule has 2 heteroatoms. The second-order valence-electron chi connectivity index (χ2n) is 4.58. The molecule has 19 heavy (non-hydrogen) atoms. The lowest BCUT2D eigenvalue weighted by Gasteiger charge is -2.31. The smallest absolute Gasteiger partial charge is 0.174 e. The lowest BCUT2D eigenvalue weighted by molar-refractivity contribution is 0.311. The van der Waals surface area contributed by atoms with E-state index in [1.54, 1.807) is 0 Å². The molecule has 0 atom stereocenters. The molecule has 0 aliphatic rings. The van der Waals surface area contributed by atoms with Crippen molar-refractivity contribution in [2.45, 2.75) is 19.3 Å². The fourth-order valence-electron chi connectivity index (χ4n) is 2.22. The molecule has 0 unspecified atom stereocenters. The summed E-state index contributed by atoms with van der Waals surface area (Å²) < 4.78 is 5.65. The molecular formula is C17H18OS. The fraction of sp³-hybridized carbons (Fsp3) is 0.235. The second kappa shape index (κ2) is 5.98. The van der Waals surface area contributed by atoms with Crippen molar-refractivity contribution < 1.29 is 4.74 Å². The SMILES string of the molecule is CCOC(=S)C(C)(c1ccccc1)c1ccccc1. The normalized spacial score (nSPS) is 11.1. The van der Waals surface area contributed by atoms with Crippen molar-refractivity contribution in [1.29, 1.82) is 0 Å². The van der Waals surface area contributed by atoms with Gasteiger partial charge in [-0.05, 0) is 37.2 Å². The van der Waals surface area contributed by atoms with Gasteiger partial charge in [0.05, 0.1) is 12.0 Å². The third kappa shape index (κ3) is 2.69. The van der Waals surface area contributed by atoms with Crippen molar-refractivity contribution in [3.63, 3.8) is 0 Å². The minimum Gasteiger partial charge on any atom is -0.486 e. The molecular weight excluding hydrogens is 252 g/mol. The number of hydrogen-bond acceptors (Lipinski definition) is 2. The molecule has 0 aliphatic heterocycles. The average Bonchev–Trinajstić information content (AvgIpc) is 2.48. The summed E-state index contributed by atoms with van der Waals surface area (Å²) in [5.41, 5.74) is 1.91. The zero-order valence-corrected chi connectivity index (χ0v) is 12.1. The Hall–Kier alpha value is -1.67. The van der Waals surface area contributed by atoms with Gasteiger partial charge in [-0.3, -0.25) is 0 Å². The van der Waals surface area contributed by atoms with Gasteiger partial charge in [-0.15, -0.1) is 0 Å². The Kier molecular flexibility index (Phi) is 4.33. The van der Waals surface area contributed by atoms with Crippen molar-refractivity contribution in [2.75, 3.05) is 6.61 Å². The van der Waals surface area contributed by atoms with Crippen LogP contribution in [0.25, 0.3) is 0 Å². The van der Waals surface area contributed by atoms with Gasteiger partial charge >= 0.3 is 0 Å². The molecule has 0 aliphatic carbocycles. The molecule has 0 radical (unpaired) electrons. The molecule has 0 spiro atoms. The maximum absolute atomic E-state index is 5.65. The molecule has 0 bridgehead atoms. The molecule has 0 heterocycles. The van der Waals surface area contributed by atoms with Gasteiger partial charge in [0.2, 0.25) is 0 Å². The van der Waals surface area contributed by atoms with Crippen molar-refractivity contribution in [3.05, 3.63) is 71.8 Å². The van der Waals surface area contributed by atoms with Crippen molar-refractivity contribution in [1.82, 2.24) is 0 Å². The van der Waals surface area contributed by atoms with E-state index < -0.39 is 5.41 Å². The van der Waals surface area contributed by atoms with Crippen LogP contribution in [0.3, 0.4) is 0 Å². The summed E-state index contributed by atoms with van der Waals surface area (Å²) in [6, 6.07) is 20.5. The maximum Gasteiger partial charge on any atom is 0.174 e. The Morgan fingerprint density at radius 1 is 0.947 bits per heavy atom. The number of hydrogen-bond donors (Lipinski definition) is 0. The molecule has 0 amide bonds. The summed E-state index contributed by atoms with van der Waals surface area (Å²) in [6.45, 7) is 4.67. The highest BCUT2D eigenvalue weighted by Crippen LogP contribution is 2.34. The maximum atomic E-state index is 5.65. The summed E-state index contributed by atoms with van der Waals surface area (Å²) in [5.74, 6) is 0. The highest BCUT2D eigenvalue weighted by atomic mass is 32.1. The van der Waals surface area contributed by atoms with Crippen LogP contribution in [-0.2, 0) is 10.2 Å². The summed E-state index contributed by atoms with van der Waals surface area (Å²) in [5, 5.41) is 0.618. The van der Waals surface area contributed by atoms with E-state index in [1.807, 2.05) is 43.3 Å². The van der Waals surface area contributed by atoms with E-state index in [0.717, 1.165) is 11.1 Å². The van der Waals surface area contributed by atoms with Gasteiger partial charge in [0.1, 0.15) is 0 Å². The molecule has 1 nitrogen and oxygen atoms in total. The zero-order valence-electron chi connectivity index (χ0n) is 11.3. The average molecular weight is 270 g/mol. The van der Waals surface area contributed by atoms with Crippen LogP contribution in [0.4, 0.5) is 0 Å². The lowest BCUT2D eigenvalue weighted by atomic mass is 9.77. The van der Waals surface area contributed by atoms with E-state index in [9.17, 15) is 0 Å². The van der Waals surface area contributed by atoms with Crippen LogP contribution in [0.2, 0.25) is 0 Å². The van der Waals surface area contributed by atoms with Crippen LogP contribution in [0, 0.1) is 0 Å². The summed E-state index contributed by atoms with van der Waals surface area (Å²) >= 11 is 5.53. The van der Waals surface area contributed by atoms with Gasteiger partial charge in [-0.2, -0.15) is 0 Å². The second-order valence-corrected chi connectivity index (χ2v) is 4.95. The van der Waals surface area contributed by atoms with Crippen LogP contribution < -0.4 is 0 Å². The first kappa shape index (κ1) is 13.8. The number of thiocarbonyl (C=S) groups is 1. The summed E-state index contributed by atoms with van der Waals surface area (Å²) in [7, 11) is 0. The molecule has 98 valence electrons. The summed E-state index contributed by atoms with van der Waals surface area (Å²) in [6.07, 6.45) is 0. The molecule has 2 aromatic rings. The largest absolute Gasteiger partial charge is 0.486 e. The molecule has 0 saturated heterocycles. The summed E-state index contributed by atoms with van der Waals surface area (Å²) in [4.78, 5) is 0. The van der Waals surface area contributed by atoms with E-state index >= 15 is 0 Å². The van der Waals surface area contributed by atoms with Gasteiger partial charge in [-0.25, -0.2) is 0 Å². The molecule has 0 aromatic heterocycles. The minimum absolute atomic E-state index is 0.395. The predicted octanol–water partition coefficient (Wildman–Crippen LogP) is 4.36. The Morgan fingerprint density at radius 3 is 1.74 bits per heavy atom. The standard InChI is InChI=1S/C17H18OS/c1-3-18-16(19)17(2,14-10-6-4-7-11-14)15-12-8-5-9-13-15/h4-13H,3H2,1-2H3.